The number of carbonyl (C=O) groups excluding carboxylic acids is 2. The Bertz CT molecular complexity index is 781. The van der Waals surface area contributed by atoms with Crippen LogP contribution in [0.25, 0.3) is 11.1 Å². The number of thiophene rings is 1. The summed E-state index contributed by atoms with van der Waals surface area (Å²) in [5, 5.41) is 2.82. The lowest BCUT2D eigenvalue weighted by Crippen LogP contribution is -2.28. The molecule has 0 saturated heterocycles. The number of fused-ring (bicyclic) bond motifs is 3. The van der Waals surface area contributed by atoms with Crippen LogP contribution in [0.15, 0.2) is 24.3 Å². The van der Waals surface area contributed by atoms with Crippen LogP contribution in [0.4, 0.5) is 4.79 Å². The van der Waals surface area contributed by atoms with Crippen molar-refractivity contribution in [2.45, 2.75) is 38.5 Å². The van der Waals surface area contributed by atoms with Crippen LogP contribution in [0.3, 0.4) is 0 Å². The lowest BCUT2D eigenvalue weighted by Gasteiger charge is -2.22. The Hall–Kier alpha value is -2.14. The van der Waals surface area contributed by atoms with E-state index in [0.29, 0.717) is 6.54 Å². The highest BCUT2D eigenvalue weighted by Crippen LogP contribution is 2.39. The number of aryl methyl sites for hydroxylation is 2. The molecule has 132 valence electrons. The van der Waals surface area contributed by atoms with Crippen LogP contribution in [0.1, 0.15) is 51.4 Å². The molecule has 1 aliphatic carbocycles. The van der Waals surface area contributed by atoms with Crippen LogP contribution in [-0.2, 0) is 17.6 Å². The second-order valence-corrected chi connectivity index (χ2v) is 7.55. The van der Waals surface area contributed by atoms with Gasteiger partial charge in [0.1, 0.15) is 0 Å². The molecule has 1 aromatic carbocycles. The number of amides is 1. The van der Waals surface area contributed by atoms with E-state index < -0.39 is 0 Å². The van der Waals surface area contributed by atoms with Gasteiger partial charge in [-0.3, -0.25) is 4.79 Å². The van der Waals surface area contributed by atoms with Gasteiger partial charge in [-0.25, -0.2) is 4.79 Å². The molecular formula is C20H23NO3S. The van der Waals surface area contributed by atoms with E-state index in [-0.39, 0.29) is 12.0 Å². The van der Waals surface area contributed by atoms with Gasteiger partial charge in [0.15, 0.2) is 6.29 Å². The Labute approximate surface area is 152 Å². The van der Waals surface area contributed by atoms with Crippen molar-refractivity contribution in [3.63, 3.8) is 0 Å². The van der Waals surface area contributed by atoms with Crippen LogP contribution >= 0.6 is 11.3 Å². The van der Waals surface area contributed by atoms with E-state index in [4.69, 9.17) is 0 Å². The van der Waals surface area contributed by atoms with Gasteiger partial charge in [-0.1, -0.05) is 31.5 Å². The first-order valence-electron chi connectivity index (χ1n) is 8.69. The number of carbonyl (C=O) groups is 2. The first kappa shape index (κ1) is 17.7. The zero-order valence-corrected chi connectivity index (χ0v) is 15.4. The SMILES string of the molecule is CCCC(CNC(=O)OC)c1ccc2c(c1)CCc1sc(C=O)cc1-2. The molecule has 1 aromatic heterocycles. The molecule has 1 amide bonds. The largest absolute Gasteiger partial charge is 0.453 e. The molecule has 1 unspecified atom stereocenters. The Kier molecular flexibility index (Phi) is 5.53. The fourth-order valence-corrected chi connectivity index (χ4v) is 4.51. The molecule has 0 aliphatic heterocycles. The Balaban J connectivity index is 1.86. The molecule has 25 heavy (non-hydrogen) atoms. The maximum Gasteiger partial charge on any atom is 0.406 e. The predicted octanol–water partition coefficient (Wildman–Crippen LogP) is 4.57. The molecule has 0 saturated carbocycles. The highest BCUT2D eigenvalue weighted by Gasteiger charge is 2.21. The Morgan fingerprint density at radius 3 is 2.88 bits per heavy atom. The van der Waals surface area contributed by atoms with E-state index in [1.165, 1.54) is 34.2 Å². The van der Waals surface area contributed by atoms with Gasteiger partial charge >= 0.3 is 6.09 Å². The summed E-state index contributed by atoms with van der Waals surface area (Å²) in [6, 6.07) is 8.61. The van der Waals surface area contributed by atoms with E-state index in [2.05, 4.69) is 35.2 Å². The number of ether oxygens (including phenoxy) is 1. The van der Waals surface area contributed by atoms with Crippen LogP contribution in [0, 0.1) is 0 Å². The molecule has 0 bridgehead atoms. The standard InChI is InChI=1S/C20H23NO3S/c1-3-4-15(11-21-20(23)24-2)13-5-7-17-14(9-13)6-8-19-18(17)10-16(12-22)25-19/h5,7,9-10,12,15H,3-4,6,8,11H2,1-2H3,(H,21,23). The molecule has 5 heteroatoms. The number of hydrogen-bond donors (Lipinski definition) is 1. The number of aldehydes is 1. The third kappa shape index (κ3) is 3.76. The molecule has 4 nitrogen and oxygen atoms in total. The third-order valence-electron chi connectivity index (χ3n) is 4.77. The van der Waals surface area contributed by atoms with Crippen molar-refractivity contribution in [2.24, 2.45) is 0 Å². The molecule has 3 rings (SSSR count). The normalized spacial score (nSPS) is 13.5. The van der Waals surface area contributed by atoms with Gasteiger partial charge in [0.2, 0.25) is 0 Å². The predicted molar refractivity (Wildman–Crippen MR) is 101 cm³/mol. The van der Waals surface area contributed by atoms with Crippen molar-refractivity contribution in [2.75, 3.05) is 13.7 Å². The van der Waals surface area contributed by atoms with Crippen molar-refractivity contribution < 1.29 is 14.3 Å². The first-order chi connectivity index (χ1) is 12.2. The fourth-order valence-electron chi connectivity index (χ4n) is 3.52. The second-order valence-electron chi connectivity index (χ2n) is 6.38. The van der Waals surface area contributed by atoms with Gasteiger partial charge in [-0.2, -0.15) is 0 Å². The summed E-state index contributed by atoms with van der Waals surface area (Å²) in [6.07, 6.45) is 4.61. The quantitative estimate of drug-likeness (QED) is 0.771. The molecule has 1 aliphatic rings. The molecule has 1 heterocycles. The minimum absolute atomic E-state index is 0.281. The number of methoxy groups -OCH3 is 1. The van der Waals surface area contributed by atoms with Crippen LogP contribution in [0.5, 0.6) is 0 Å². The van der Waals surface area contributed by atoms with Gasteiger partial charge in [-0.05, 0) is 47.6 Å². The van der Waals surface area contributed by atoms with Crippen molar-refractivity contribution >= 4 is 23.7 Å². The van der Waals surface area contributed by atoms with Gasteiger partial charge in [0.05, 0.1) is 12.0 Å². The average Bonchev–Trinajstić information content (AvgIpc) is 3.08. The third-order valence-corrected chi connectivity index (χ3v) is 5.89. The van der Waals surface area contributed by atoms with E-state index in [9.17, 15) is 9.59 Å². The molecule has 1 N–H and O–H groups in total. The molecule has 0 radical (unpaired) electrons. The molecule has 0 spiro atoms. The van der Waals surface area contributed by atoms with Gasteiger partial charge in [-0.15, -0.1) is 11.3 Å². The number of hydrogen-bond acceptors (Lipinski definition) is 4. The van der Waals surface area contributed by atoms with Crippen molar-refractivity contribution in [3.05, 3.63) is 45.1 Å². The van der Waals surface area contributed by atoms with Crippen molar-refractivity contribution in [1.82, 2.24) is 5.32 Å². The second kappa shape index (κ2) is 7.83. The highest BCUT2D eigenvalue weighted by molar-refractivity contribution is 7.14. The fraction of sp³-hybridized carbons (Fsp3) is 0.400. The van der Waals surface area contributed by atoms with E-state index >= 15 is 0 Å². The summed E-state index contributed by atoms with van der Waals surface area (Å²) in [5.74, 6) is 0.281. The molecule has 1 atom stereocenters. The van der Waals surface area contributed by atoms with Gasteiger partial charge in [0.25, 0.3) is 0 Å². The number of nitrogens with one attached hydrogen (secondary N) is 1. The van der Waals surface area contributed by atoms with Crippen molar-refractivity contribution in [3.8, 4) is 11.1 Å². The summed E-state index contributed by atoms with van der Waals surface area (Å²) >= 11 is 1.60. The summed E-state index contributed by atoms with van der Waals surface area (Å²) in [7, 11) is 1.38. The topological polar surface area (TPSA) is 55.4 Å². The van der Waals surface area contributed by atoms with Gasteiger partial charge < -0.3 is 10.1 Å². The zero-order chi connectivity index (χ0) is 17.8. The molecular weight excluding hydrogens is 334 g/mol. The zero-order valence-electron chi connectivity index (χ0n) is 14.6. The molecule has 0 fully saturated rings. The number of rotatable bonds is 6. The van der Waals surface area contributed by atoms with Crippen LogP contribution < -0.4 is 5.32 Å². The van der Waals surface area contributed by atoms with E-state index in [0.717, 1.165) is 36.8 Å². The van der Waals surface area contributed by atoms with Crippen LogP contribution in [0.2, 0.25) is 0 Å². The smallest absolute Gasteiger partial charge is 0.406 e. The Morgan fingerprint density at radius 2 is 2.16 bits per heavy atom. The maximum absolute atomic E-state index is 11.4. The molecule has 2 aromatic rings. The van der Waals surface area contributed by atoms with E-state index in [1.54, 1.807) is 11.3 Å². The number of alkyl carbamates (subject to hydrolysis) is 1. The average molecular weight is 357 g/mol. The van der Waals surface area contributed by atoms with Crippen molar-refractivity contribution in [1.29, 1.82) is 0 Å². The summed E-state index contributed by atoms with van der Waals surface area (Å²) < 4.78 is 4.68. The maximum atomic E-state index is 11.4. The summed E-state index contributed by atoms with van der Waals surface area (Å²) in [5.41, 5.74) is 5.04. The summed E-state index contributed by atoms with van der Waals surface area (Å²) in [6.45, 7) is 2.74. The van der Waals surface area contributed by atoms with Crippen LogP contribution in [-0.4, -0.2) is 26.0 Å². The number of benzene rings is 1. The first-order valence-corrected chi connectivity index (χ1v) is 9.50. The monoisotopic (exact) mass is 357 g/mol. The highest BCUT2D eigenvalue weighted by atomic mass is 32.1. The van der Waals surface area contributed by atoms with Gasteiger partial charge in [0, 0.05) is 17.3 Å². The minimum atomic E-state index is -0.386. The van der Waals surface area contributed by atoms with E-state index in [1.807, 2.05) is 6.07 Å². The minimum Gasteiger partial charge on any atom is -0.453 e. The summed E-state index contributed by atoms with van der Waals surface area (Å²) in [4.78, 5) is 24.6. The Morgan fingerprint density at radius 1 is 1.32 bits per heavy atom. The lowest BCUT2D eigenvalue weighted by molar-refractivity contribution is 0.112. The lowest BCUT2D eigenvalue weighted by atomic mass is 9.85.